The summed E-state index contributed by atoms with van der Waals surface area (Å²) in [4.78, 5) is 12.3. The largest absolute Gasteiger partial charge is 0.444 e. The lowest BCUT2D eigenvalue weighted by molar-refractivity contribution is -0.116. The van der Waals surface area contributed by atoms with Gasteiger partial charge in [0, 0.05) is 24.6 Å². The van der Waals surface area contributed by atoms with Gasteiger partial charge in [-0.2, -0.15) is 19.1 Å². The van der Waals surface area contributed by atoms with E-state index in [-0.39, 0.29) is 28.5 Å². The van der Waals surface area contributed by atoms with Gasteiger partial charge in [0.2, 0.25) is 5.88 Å². The molecule has 0 radical (unpaired) electrons. The van der Waals surface area contributed by atoms with Gasteiger partial charge in [0.25, 0.3) is 0 Å². The van der Waals surface area contributed by atoms with Crippen LogP contribution in [0.25, 0.3) is 0 Å². The second kappa shape index (κ2) is 5.26. The molecular weight excluding hydrogens is 294 g/mol. The first kappa shape index (κ1) is 14.3. The maximum Gasteiger partial charge on any atom is 0.333 e. The van der Waals surface area contributed by atoms with Crippen LogP contribution in [-0.2, 0) is 9.53 Å². The van der Waals surface area contributed by atoms with Gasteiger partial charge < -0.3 is 10.5 Å². The Kier molecular flexibility index (Phi) is 3.41. The van der Waals surface area contributed by atoms with Crippen LogP contribution in [0.4, 0.5) is 8.78 Å². The third-order valence-electron chi connectivity index (χ3n) is 3.79. The number of nitriles is 1. The van der Waals surface area contributed by atoms with Crippen molar-refractivity contribution in [2.75, 3.05) is 0 Å². The number of alkyl halides is 2. The number of hydrogen-bond donors (Lipinski definition) is 1. The average molecular weight is 306 g/mol. The molecule has 0 amide bonds. The number of allylic oxidation sites excluding steroid dienone is 3. The molecule has 0 unspecified atom stereocenters. The predicted molar refractivity (Wildman–Crippen MR) is 70.0 cm³/mol. The molecule has 1 aliphatic heterocycles. The van der Waals surface area contributed by atoms with Gasteiger partial charge in [-0.25, -0.2) is 4.68 Å². The highest BCUT2D eigenvalue weighted by Crippen LogP contribution is 2.43. The molecule has 0 fully saturated rings. The Labute approximate surface area is 124 Å². The Hall–Kier alpha value is -2.69. The average Bonchev–Trinajstić information content (AvgIpc) is 2.95. The molecule has 114 valence electrons. The van der Waals surface area contributed by atoms with E-state index in [1.807, 2.05) is 6.07 Å². The number of nitrogens with two attached hydrogens (primary N) is 1. The summed E-state index contributed by atoms with van der Waals surface area (Å²) < 4.78 is 32.1. The maximum atomic E-state index is 13.1. The standard InChI is InChI=1S/C14H12F2N4O2/c15-14(16)20-8(4-5-19-20)11-7(6-17)13(18)22-10-3-1-2-9(21)12(10)11/h4-5,11,14H,1-3,18H2/t11-/m1/s1. The molecule has 2 N–H and O–H groups in total. The van der Waals surface area contributed by atoms with Crippen molar-refractivity contribution in [1.82, 2.24) is 9.78 Å². The van der Waals surface area contributed by atoms with Gasteiger partial charge in [0.05, 0.1) is 11.6 Å². The van der Waals surface area contributed by atoms with Crippen LogP contribution in [0.2, 0.25) is 0 Å². The van der Waals surface area contributed by atoms with Crippen LogP contribution in [0.3, 0.4) is 0 Å². The molecule has 2 aliphatic rings. The van der Waals surface area contributed by atoms with Crippen molar-refractivity contribution in [3.05, 3.63) is 40.7 Å². The van der Waals surface area contributed by atoms with Crippen LogP contribution in [-0.4, -0.2) is 15.6 Å². The maximum absolute atomic E-state index is 13.1. The van der Waals surface area contributed by atoms with Gasteiger partial charge in [0.15, 0.2) is 5.78 Å². The fourth-order valence-electron chi connectivity index (χ4n) is 2.87. The lowest BCUT2D eigenvalue weighted by Crippen LogP contribution is -2.28. The molecule has 22 heavy (non-hydrogen) atoms. The van der Waals surface area contributed by atoms with Crippen molar-refractivity contribution in [1.29, 1.82) is 5.26 Å². The lowest BCUT2D eigenvalue weighted by Gasteiger charge is -2.30. The second-order valence-electron chi connectivity index (χ2n) is 5.02. The van der Waals surface area contributed by atoms with E-state index in [0.29, 0.717) is 29.7 Å². The number of ether oxygens (including phenoxy) is 1. The SMILES string of the molecule is N#CC1=C(N)OC2=C(C(=O)CCC2)[C@H]1c1ccnn1C(F)F. The van der Waals surface area contributed by atoms with Crippen LogP contribution in [0.5, 0.6) is 0 Å². The summed E-state index contributed by atoms with van der Waals surface area (Å²) in [5, 5.41) is 12.9. The Morgan fingerprint density at radius 1 is 1.50 bits per heavy atom. The van der Waals surface area contributed by atoms with Gasteiger partial charge >= 0.3 is 6.55 Å². The Morgan fingerprint density at radius 3 is 2.95 bits per heavy atom. The van der Waals surface area contributed by atoms with Crippen LogP contribution < -0.4 is 5.73 Å². The zero-order valence-electron chi connectivity index (χ0n) is 11.4. The van der Waals surface area contributed by atoms with Gasteiger partial charge in [-0.15, -0.1) is 0 Å². The van der Waals surface area contributed by atoms with Gasteiger partial charge in [-0.3, -0.25) is 4.79 Å². The molecule has 1 aromatic rings. The third kappa shape index (κ3) is 2.06. The van der Waals surface area contributed by atoms with Crippen molar-refractivity contribution in [2.24, 2.45) is 5.73 Å². The summed E-state index contributed by atoms with van der Waals surface area (Å²) in [6.07, 6.45) is 2.59. The normalized spacial score (nSPS) is 21.7. The minimum atomic E-state index is -2.88. The molecule has 1 aliphatic carbocycles. The first-order chi connectivity index (χ1) is 10.5. The van der Waals surface area contributed by atoms with Crippen LogP contribution in [0.15, 0.2) is 35.1 Å². The number of rotatable bonds is 2. The fourth-order valence-corrected chi connectivity index (χ4v) is 2.87. The summed E-state index contributed by atoms with van der Waals surface area (Å²) >= 11 is 0. The topological polar surface area (TPSA) is 93.9 Å². The molecule has 3 rings (SSSR count). The summed E-state index contributed by atoms with van der Waals surface area (Å²) in [7, 11) is 0. The molecule has 0 saturated carbocycles. The molecule has 2 heterocycles. The quantitative estimate of drug-likeness (QED) is 0.903. The first-order valence-corrected chi connectivity index (χ1v) is 6.70. The molecule has 0 bridgehead atoms. The zero-order chi connectivity index (χ0) is 15.9. The fraction of sp³-hybridized carbons (Fsp3) is 0.357. The lowest BCUT2D eigenvalue weighted by atomic mass is 9.79. The van der Waals surface area contributed by atoms with E-state index in [1.54, 1.807) is 0 Å². The highest BCUT2D eigenvalue weighted by molar-refractivity contribution is 5.99. The van der Waals surface area contributed by atoms with Crippen LogP contribution >= 0.6 is 0 Å². The number of carbonyl (C=O) groups excluding carboxylic acids is 1. The second-order valence-corrected chi connectivity index (χ2v) is 5.02. The third-order valence-corrected chi connectivity index (χ3v) is 3.79. The van der Waals surface area contributed by atoms with Crippen molar-refractivity contribution in [3.8, 4) is 6.07 Å². The van der Waals surface area contributed by atoms with E-state index in [9.17, 15) is 18.8 Å². The van der Waals surface area contributed by atoms with E-state index in [1.165, 1.54) is 12.3 Å². The molecular formula is C14H12F2N4O2. The highest BCUT2D eigenvalue weighted by atomic mass is 19.3. The molecule has 0 aromatic carbocycles. The van der Waals surface area contributed by atoms with Crippen LogP contribution in [0.1, 0.15) is 37.4 Å². The van der Waals surface area contributed by atoms with Gasteiger partial charge in [-0.05, 0) is 12.5 Å². The number of ketones is 1. The van der Waals surface area contributed by atoms with E-state index in [2.05, 4.69) is 5.10 Å². The highest BCUT2D eigenvalue weighted by Gasteiger charge is 2.40. The molecule has 6 nitrogen and oxygen atoms in total. The van der Waals surface area contributed by atoms with E-state index in [4.69, 9.17) is 10.5 Å². The van der Waals surface area contributed by atoms with Crippen LogP contribution in [0, 0.1) is 11.3 Å². The van der Waals surface area contributed by atoms with E-state index in [0.717, 1.165) is 0 Å². The number of hydrogen-bond acceptors (Lipinski definition) is 5. The number of halogens is 2. The number of carbonyl (C=O) groups is 1. The van der Waals surface area contributed by atoms with Crippen molar-refractivity contribution < 1.29 is 18.3 Å². The Bertz CT molecular complexity index is 742. The molecule has 1 atom stereocenters. The summed E-state index contributed by atoms with van der Waals surface area (Å²) in [5.74, 6) is -0.964. The number of Topliss-reactive ketones (excluding diaryl/α,β-unsaturated/α-hetero) is 1. The monoisotopic (exact) mass is 306 g/mol. The van der Waals surface area contributed by atoms with Crippen molar-refractivity contribution in [2.45, 2.75) is 31.7 Å². The van der Waals surface area contributed by atoms with Gasteiger partial charge in [0.1, 0.15) is 17.4 Å². The molecule has 8 heteroatoms. The smallest absolute Gasteiger partial charge is 0.333 e. The van der Waals surface area contributed by atoms with Crippen molar-refractivity contribution >= 4 is 5.78 Å². The summed E-state index contributed by atoms with van der Waals surface area (Å²) in [6, 6.07) is 3.23. The molecule has 1 aromatic heterocycles. The Balaban J connectivity index is 2.21. The molecule has 0 spiro atoms. The first-order valence-electron chi connectivity index (χ1n) is 6.70. The minimum Gasteiger partial charge on any atom is -0.444 e. The summed E-state index contributed by atoms with van der Waals surface area (Å²) in [5.41, 5.74) is 5.98. The minimum absolute atomic E-state index is 0.0450. The van der Waals surface area contributed by atoms with Crippen molar-refractivity contribution in [3.63, 3.8) is 0 Å². The van der Waals surface area contributed by atoms with Gasteiger partial charge in [-0.1, -0.05) is 0 Å². The molecule has 0 saturated heterocycles. The number of aromatic nitrogens is 2. The van der Waals surface area contributed by atoms with E-state index >= 15 is 0 Å². The predicted octanol–water partition coefficient (Wildman–Crippen LogP) is 2.09. The number of nitrogens with zero attached hydrogens (tertiary/aromatic N) is 3. The summed E-state index contributed by atoms with van der Waals surface area (Å²) in [6.45, 7) is -2.88. The zero-order valence-corrected chi connectivity index (χ0v) is 11.4. The van der Waals surface area contributed by atoms with E-state index < -0.39 is 12.5 Å². The Morgan fingerprint density at radius 2 is 2.27 bits per heavy atom.